The van der Waals surface area contributed by atoms with Gasteiger partial charge in [0.05, 0.1) is 5.56 Å². The number of nitrogen functional groups attached to an aromatic ring is 1. The van der Waals surface area contributed by atoms with E-state index in [4.69, 9.17) is 11.5 Å². The number of hydrogen-bond acceptors (Lipinski definition) is 3. The van der Waals surface area contributed by atoms with Gasteiger partial charge < -0.3 is 16.8 Å². The Kier molecular flexibility index (Phi) is 5.01. The molecule has 0 aromatic heterocycles. The van der Waals surface area contributed by atoms with Gasteiger partial charge in [-0.15, -0.1) is 0 Å². The second-order valence-electron chi connectivity index (χ2n) is 5.19. The van der Waals surface area contributed by atoms with Gasteiger partial charge in [0.15, 0.2) is 0 Å². The third kappa shape index (κ3) is 4.28. The van der Waals surface area contributed by atoms with Gasteiger partial charge in [0, 0.05) is 17.4 Å². The SMILES string of the molecule is CC(C)CCC(C)Nc1cc(N)ccc1C(N)=O. The van der Waals surface area contributed by atoms with Crippen LogP contribution in [0.15, 0.2) is 18.2 Å². The summed E-state index contributed by atoms with van der Waals surface area (Å²) in [5, 5.41) is 3.31. The fraction of sp³-hybridized carbons (Fsp3) is 0.500. The van der Waals surface area contributed by atoms with E-state index in [9.17, 15) is 4.79 Å². The van der Waals surface area contributed by atoms with E-state index >= 15 is 0 Å². The summed E-state index contributed by atoms with van der Waals surface area (Å²) in [5.41, 5.74) is 12.9. The molecule has 4 nitrogen and oxygen atoms in total. The van der Waals surface area contributed by atoms with Crippen molar-refractivity contribution in [3.05, 3.63) is 23.8 Å². The van der Waals surface area contributed by atoms with Gasteiger partial charge in [-0.05, 0) is 43.9 Å². The van der Waals surface area contributed by atoms with E-state index in [0.717, 1.165) is 18.5 Å². The highest BCUT2D eigenvalue weighted by Gasteiger charge is 2.11. The topological polar surface area (TPSA) is 81.1 Å². The van der Waals surface area contributed by atoms with Gasteiger partial charge >= 0.3 is 0 Å². The Morgan fingerprint density at radius 3 is 2.50 bits per heavy atom. The van der Waals surface area contributed by atoms with Gasteiger partial charge in [-0.1, -0.05) is 13.8 Å². The van der Waals surface area contributed by atoms with Crippen molar-refractivity contribution in [2.75, 3.05) is 11.1 Å². The minimum absolute atomic E-state index is 0.285. The van der Waals surface area contributed by atoms with Crippen LogP contribution < -0.4 is 16.8 Å². The molecule has 18 heavy (non-hydrogen) atoms. The molecule has 0 bridgehead atoms. The summed E-state index contributed by atoms with van der Waals surface area (Å²) in [6, 6.07) is 5.39. The highest BCUT2D eigenvalue weighted by Crippen LogP contribution is 2.21. The van der Waals surface area contributed by atoms with Crippen LogP contribution in [-0.2, 0) is 0 Å². The Hall–Kier alpha value is -1.71. The molecule has 1 amide bonds. The van der Waals surface area contributed by atoms with E-state index in [2.05, 4.69) is 26.1 Å². The second kappa shape index (κ2) is 6.28. The summed E-state index contributed by atoms with van der Waals surface area (Å²) in [6.07, 6.45) is 2.19. The number of rotatable bonds is 6. The first-order valence-electron chi connectivity index (χ1n) is 6.36. The van der Waals surface area contributed by atoms with E-state index in [1.165, 1.54) is 0 Å². The average Bonchev–Trinajstić information content (AvgIpc) is 2.26. The molecular formula is C14H23N3O. The average molecular weight is 249 g/mol. The molecule has 0 spiro atoms. The molecule has 0 fully saturated rings. The molecule has 0 saturated carbocycles. The van der Waals surface area contributed by atoms with Gasteiger partial charge in [0.1, 0.15) is 0 Å². The lowest BCUT2D eigenvalue weighted by molar-refractivity contribution is 0.100. The monoisotopic (exact) mass is 249 g/mol. The third-order valence-electron chi connectivity index (χ3n) is 2.89. The van der Waals surface area contributed by atoms with E-state index in [0.29, 0.717) is 17.2 Å². The molecule has 0 saturated heterocycles. The number of carbonyl (C=O) groups excluding carboxylic acids is 1. The van der Waals surface area contributed by atoms with Gasteiger partial charge in [0.25, 0.3) is 5.91 Å². The lowest BCUT2D eigenvalue weighted by Gasteiger charge is -2.18. The van der Waals surface area contributed by atoms with Crippen molar-refractivity contribution in [3.8, 4) is 0 Å². The van der Waals surface area contributed by atoms with Crippen molar-refractivity contribution in [2.45, 2.75) is 39.7 Å². The molecule has 100 valence electrons. The molecule has 0 radical (unpaired) electrons. The standard InChI is InChI=1S/C14H23N3O/c1-9(2)4-5-10(3)17-13-8-11(15)6-7-12(13)14(16)18/h6-10,17H,4-5,15H2,1-3H3,(H2,16,18). The highest BCUT2D eigenvalue weighted by atomic mass is 16.1. The predicted octanol–water partition coefficient (Wildman–Crippen LogP) is 2.60. The second-order valence-corrected chi connectivity index (χ2v) is 5.19. The fourth-order valence-electron chi connectivity index (χ4n) is 1.82. The van der Waals surface area contributed by atoms with Crippen LogP contribution >= 0.6 is 0 Å². The Morgan fingerprint density at radius 2 is 1.94 bits per heavy atom. The van der Waals surface area contributed by atoms with Crippen LogP contribution in [0.4, 0.5) is 11.4 Å². The molecule has 0 aliphatic rings. The maximum atomic E-state index is 11.3. The highest BCUT2D eigenvalue weighted by molar-refractivity contribution is 5.99. The van der Waals surface area contributed by atoms with Gasteiger partial charge in [-0.25, -0.2) is 0 Å². The maximum absolute atomic E-state index is 11.3. The lowest BCUT2D eigenvalue weighted by atomic mass is 10.0. The zero-order valence-electron chi connectivity index (χ0n) is 11.4. The summed E-state index contributed by atoms with van der Waals surface area (Å²) in [5.74, 6) is 0.235. The van der Waals surface area contributed by atoms with Crippen molar-refractivity contribution in [2.24, 2.45) is 11.7 Å². The molecule has 1 aromatic carbocycles. The van der Waals surface area contributed by atoms with Crippen molar-refractivity contribution in [3.63, 3.8) is 0 Å². The molecule has 0 heterocycles. The van der Waals surface area contributed by atoms with E-state index in [1.807, 2.05) is 0 Å². The number of nitrogens with one attached hydrogen (secondary N) is 1. The Bertz CT molecular complexity index is 416. The summed E-state index contributed by atoms with van der Waals surface area (Å²) >= 11 is 0. The zero-order valence-corrected chi connectivity index (χ0v) is 11.4. The molecule has 4 heteroatoms. The van der Waals surface area contributed by atoms with Crippen LogP contribution in [0.25, 0.3) is 0 Å². The summed E-state index contributed by atoms with van der Waals surface area (Å²) in [6.45, 7) is 6.49. The Balaban J connectivity index is 2.76. The number of benzene rings is 1. The molecule has 0 aliphatic carbocycles. The quantitative estimate of drug-likeness (QED) is 0.678. The minimum atomic E-state index is -0.437. The first-order valence-corrected chi connectivity index (χ1v) is 6.36. The van der Waals surface area contributed by atoms with Crippen molar-refractivity contribution in [1.29, 1.82) is 0 Å². The first kappa shape index (κ1) is 14.4. The largest absolute Gasteiger partial charge is 0.399 e. The number of hydrogen-bond donors (Lipinski definition) is 3. The number of nitrogens with two attached hydrogens (primary N) is 2. The summed E-state index contributed by atoms with van der Waals surface area (Å²) < 4.78 is 0. The van der Waals surface area contributed by atoms with Gasteiger partial charge in [-0.2, -0.15) is 0 Å². The number of carbonyl (C=O) groups is 1. The number of primary amides is 1. The molecular weight excluding hydrogens is 226 g/mol. The van der Waals surface area contributed by atoms with Gasteiger partial charge in [0.2, 0.25) is 0 Å². The fourth-order valence-corrected chi connectivity index (χ4v) is 1.82. The predicted molar refractivity (Wildman–Crippen MR) is 76.5 cm³/mol. The Morgan fingerprint density at radius 1 is 1.28 bits per heavy atom. The lowest BCUT2D eigenvalue weighted by Crippen LogP contribution is -2.20. The van der Waals surface area contributed by atoms with Crippen molar-refractivity contribution >= 4 is 17.3 Å². The van der Waals surface area contributed by atoms with E-state index in [1.54, 1.807) is 18.2 Å². The van der Waals surface area contributed by atoms with Crippen LogP contribution in [0, 0.1) is 5.92 Å². The zero-order chi connectivity index (χ0) is 13.7. The number of anilines is 2. The molecule has 1 aromatic rings. The third-order valence-corrected chi connectivity index (χ3v) is 2.89. The molecule has 1 unspecified atom stereocenters. The number of amides is 1. The maximum Gasteiger partial charge on any atom is 0.250 e. The van der Waals surface area contributed by atoms with Crippen molar-refractivity contribution in [1.82, 2.24) is 0 Å². The minimum Gasteiger partial charge on any atom is -0.399 e. The van der Waals surface area contributed by atoms with Crippen LogP contribution in [0.2, 0.25) is 0 Å². The smallest absolute Gasteiger partial charge is 0.250 e. The van der Waals surface area contributed by atoms with Crippen LogP contribution in [0.3, 0.4) is 0 Å². The van der Waals surface area contributed by atoms with Gasteiger partial charge in [-0.3, -0.25) is 4.79 Å². The molecule has 0 aliphatic heterocycles. The summed E-state index contributed by atoms with van der Waals surface area (Å²) in [4.78, 5) is 11.3. The summed E-state index contributed by atoms with van der Waals surface area (Å²) in [7, 11) is 0. The molecule has 1 rings (SSSR count). The van der Waals surface area contributed by atoms with E-state index in [-0.39, 0.29) is 6.04 Å². The normalized spacial score (nSPS) is 12.4. The molecule has 1 atom stereocenters. The van der Waals surface area contributed by atoms with E-state index < -0.39 is 5.91 Å². The van der Waals surface area contributed by atoms with Crippen LogP contribution in [0.5, 0.6) is 0 Å². The Labute approximate surface area is 109 Å². The van der Waals surface area contributed by atoms with Crippen LogP contribution in [0.1, 0.15) is 44.0 Å². The van der Waals surface area contributed by atoms with Crippen molar-refractivity contribution < 1.29 is 4.79 Å². The van der Waals surface area contributed by atoms with Crippen LogP contribution in [-0.4, -0.2) is 11.9 Å². The first-order chi connectivity index (χ1) is 8.40. The molecule has 5 N–H and O–H groups in total.